The van der Waals surface area contributed by atoms with Gasteiger partial charge in [0.15, 0.2) is 5.78 Å². The molecule has 5 heteroatoms. The van der Waals surface area contributed by atoms with Crippen molar-refractivity contribution < 1.29 is 4.79 Å². The van der Waals surface area contributed by atoms with Gasteiger partial charge in [-0.15, -0.1) is 0 Å². The number of nitrogens with one attached hydrogen (secondary N) is 1. The van der Waals surface area contributed by atoms with Gasteiger partial charge >= 0.3 is 0 Å². The second-order valence-electron chi connectivity index (χ2n) is 4.43. The molecule has 0 bridgehead atoms. The van der Waals surface area contributed by atoms with Gasteiger partial charge in [-0.2, -0.15) is 0 Å². The molecule has 0 aromatic carbocycles. The van der Waals surface area contributed by atoms with Crippen molar-refractivity contribution in [1.29, 1.82) is 0 Å². The summed E-state index contributed by atoms with van der Waals surface area (Å²) in [5, 5.41) is 3.74. The van der Waals surface area contributed by atoms with Gasteiger partial charge in [-0.3, -0.25) is 4.79 Å². The largest absolute Gasteiger partial charge is 0.383 e. The number of hydrogen-bond donors (Lipinski definition) is 2. The molecule has 1 atom stereocenters. The number of anilines is 1. The highest BCUT2D eigenvalue weighted by Gasteiger charge is 2.19. The van der Waals surface area contributed by atoms with Gasteiger partial charge in [0.2, 0.25) is 0 Å². The van der Waals surface area contributed by atoms with E-state index < -0.39 is 0 Å². The lowest BCUT2D eigenvalue weighted by Crippen LogP contribution is -2.31. The number of nitrogen functional groups attached to an aromatic ring is 1. The second kappa shape index (κ2) is 5.47. The van der Waals surface area contributed by atoms with Gasteiger partial charge in [-0.1, -0.05) is 11.6 Å². The molecular formula is C12H16ClN3O. The summed E-state index contributed by atoms with van der Waals surface area (Å²) in [5.74, 6) is 0.698. The van der Waals surface area contributed by atoms with E-state index in [0.717, 1.165) is 25.9 Å². The first kappa shape index (κ1) is 12.3. The molecule has 3 N–H and O–H groups in total. The Labute approximate surface area is 106 Å². The van der Waals surface area contributed by atoms with Gasteiger partial charge < -0.3 is 11.1 Å². The lowest BCUT2D eigenvalue weighted by atomic mass is 9.92. The van der Waals surface area contributed by atoms with Crippen molar-refractivity contribution >= 4 is 23.2 Å². The molecule has 2 heterocycles. The number of aromatic nitrogens is 1. The van der Waals surface area contributed by atoms with Crippen LogP contribution in [-0.4, -0.2) is 23.9 Å². The van der Waals surface area contributed by atoms with Crippen molar-refractivity contribution in [3.8, 4) is 0 Å². The fourth-order valence-corrected chi connectivity index (χ4v) is 2.30. The molecule has 4 nitrogen and oxygen atoms in total. The highest BCUT2D eigenvalue weighted by molar-refractivity contribution is 6.31. The van der Waals surface area contributed by atoms with Crippen LogP contribution in [0.25, 0.3) is 0 Å². The lowest BCUT2D eigenvalue weighted by Gasteiger charge is -2.22. The third-order valence-electron chi connectivity index (χ3n) is 3.06. The maximum Gasteiger partial charge on any atom is 0.166 e. The zero-order valence-corrected chi connectivity index (χ0v) is 10.3. The molecule has 2 rings (SSSR count). The average molecular weight is 254 g/mol. The second-order valence-corrected chi connectivity index (χ2v) is 4.86. The number of Topliss-reactive ketones (excluding diaryl/α,β-unsaturated/α-hetero) is 1. The molecule has 1 aromatic heterocycles. The average Bonchev–Trinajstić information content (AvgIpc) is 2.33. The van der Waals surface area contributed by atoms with Crippen LogP contribution < -0.4 is 11.1 Å². The van der Waals surface area contributed by atoms with Gasteiger partial charge in [0, 0.05) is 12.6 Å². The number of piperidine rings is 1. The molecule has 1 aliphatic heterocycles. The third kappa shape index (κ3) is 3.17. The molecule has 1 aromatic rings. The number of rotatable bonds is 3. The van der Waals surface area contributed by atoms with Crippen molar-refractivity contribution in [2.75, 3.05) is 18.8 Å². The van der Waals surface area contributed by atoms with E-state index in [2.05, 4.69) is 10.3 Å². The summed E-state index contributed by atoms with van der Waals surface area (Å²) < 4.78 is 0. The zero-order valence-electron chi connectivity index (χ0n) is 9.58. The van der Waals surface area contributed by atoms with Crippen LogP contribution in [0.4, 0.5) is 5.82 Å². The van der Waals surface area contributed by atoms with Gasteiger partial charge in [0.25, 0.3) is 0 Å². The number of nitrogens with zero attached hydrogens (tertiary/aromatic N) is 1. The van der Waals surface area contributed by atoms with E-state index in [-0.39, 0.29) is 11.6 Å². The standard InChI is InChI=1S/C12H16ClN3O/c13-9-5-10(12(14)16-7-9)11(17)4-8-2-1-3-15-6-8/h5,7-8,15H,1-4,6H2,(H2,14,16). The van der Waals surface area contributed by atoms with Crippen LogP contribution >= 0.6 is 11.6 Å². The van der Waals surface area contributed by atoms with Crippen LogP contribution in [0, 0.1) is 5.92 Å². The van der Waals surface area contributed by atoms with Crippen LogP contribution in [0.3, 0.4) is 0 Å². The summed E-state index contributed by atoms with van der Waals surface area (Å²) in [5.41, 5.74) is 6.14. The normalized spacial score (nSPS) is 20.2. The summed E-state index contributed by atoms with van der Waals surface area (Å²) in [6.45, 7) is 1.95. The van der Waals surface area contributed by atoms with E-state index in [1.807, 2.05) is 0 Å². The molecule has 17 heavy (non-hydrogen) atoms. The molecule has 1 aliphatic rings. The van der Waals surface area contributed by atoms with E-state index >= 15 is 0 Å². The summed E-state index contributed by atoms with van der Waals surface area (Å²) in [7, 11) is 0. The molecule has 0 amide bonds. The highest BCUT2D eigenvalue weighted by atomic mass is 35.5. The first-order valence-corrected chi connectivity index (χ1v) is 6.19. The minimum atomic E-state index is 0.0335. The number of halogens is 1. The first-order valence-electron chi connectivity index (χ1n) is 5.82. The number of carbonyl (C=O) groups excluding carboxylic acids is 1. The Balaban J connectivity index is 2.05. The van der Waals surface area contributed by atoms with Crippen LogP contribution in [0.5, 0.6) is 0 Å². The zero-order chi connectivity index (χ0) is 12.3. The molecule has 1 unspecified atom stereocenters. The predicted molar refractivity (Wildman–Crippen MR) is 68.2 cm³/mol. The van der Waals surface area contributed by atoms with E-state index in [1.165, 1.54) is 6.20 Å². The van der Waals surface area contributed by atoms with Gasteiger partial charge in [0.1, 0.15) is 5.82 Å². The molecule has 0 radical (unpaired) electrons. The maximum absolute atomic E-state index is 12.1. The van der Waals surface area contributed by atoms with E-state index in [1.54, 1.807) is 6.07 Å². The number of carbonyl (C=O) groups is 1. The summed E-state index contributed by atoms with van der Waals surface area (Å²) in [6, 6.07) is 1.60. The lowest BCUT2D eigenvalue weighted by molar-refractivity contribution is 0.0954. The quantitative estimate of drug-likeness (QED) is 0.808. The summed E-state index contributed by atoms with van der Waals surface area (Å²) in [6.07, 6.45) is 4.18. The molecule has 1 fully saturated rings. The van der Waals surface area contributed by atoms with Crippen LogP contribution in [0.1, 0.15) is 29.6 Å². The van der Waals surface area contributed by atoms with Crippen molar-refractivity contribution in [2.45, 2.75) is 19.3 Å². The number of hydrogen-bond acceptors (Lipinski definition) is 4. The number of nitrogens with two attached hydrogens (primary N) is 1. The van der Waals surface area contributed by atoms with E-state index in [0.29, 0.717) is 22.9 Å². The Morgan fingerprint density at radius 2 is 2.47 bits per heavy atom. The third-order valence-corrected chi connectivity index (χ3v) is 3.27. The number of pyridine rings is 1. The van der Waals surface area contributed by atoms with Gasteiger partial charge in [-0.05, 0) is 37.9 Å². The summed E-state index contributed by atoms with van der Waals surface area (Å²) >= 11 is 5.82. The molecule has 0 saturated carbocycles. The van der Waals surface area contributed by atoms with Crippen molar-refractivity contribution in [3.63, 3.8) is 0 Å². The van der Waals surface area contributed by atoms with Crippen molar-refractivity contribution in [1.82, 2.24) is 10.3 Å². The monoisotopic (exact) mass is 253 g/mol. The van der Waals surface area contributed by atoms with Crippen molar-refractivity contribution in [3.05, 3.63) is 22.8 Å². The molecule has 92 valence electrons. The fourth-order valence-electron chi connectivity index (χ4n) is 2.14. The first-order chi connectivity index (χ1) is 8.16. The van der Waals surface area contributed by atoms with Crippen molar-refractivity contribution in [2.24, 2.45) is 5.92 Å². The van der Waals surface area contributed by atoms with Gasteiger partial charge in [-0.25, -0.2) is 4.98 Å². The van der Waals surface area contributed by atoms with Crippen LogP contribution in [0.15, 0.2) is 12.3 Å². The predicted octanol–water partition coefficient (Wildman–Crippen LogP) is 1.89. The molecular weight excluding hydrogens is 238 g/mol. The summed E-state index contributed by atoms with van der Waals surface area (Å²) in [4.78, 5) is 16.0. The SMILES string of the molecule is Nc1ncc(Cl)cc1C(=O)CC1CCCNC1. The smallest absolute Gasteiger partial charge is 0.166 e. The van der Waals surface area contributed by atoms with E-state index in [4.69, 9.17) is 17.3 Å². The van der Waals surface area contributed by atoms with Crippen LogP contribution in [0.2, 0.25) is 5.02 Å². The Morgan fingerprint density at radius 1 is 1.65 bits per heavy atom. The number of ketones is 1. The Bertz CT molecular complexity index is 416. The minimum absolute atomic E-state index is 0.0335. The fraction of sp³-hybridized carbons (Fsp3) is 0.500. The topological polar surface area (TPSA) is 68.0 Å². The van der Waals surface area contributed by atoms with E-state index in [9.17, 15) is 4.79 Å². The van der Waals surface area contributed by atoms with Crippen LogP contribution in [-0.2, 0) is 0 Å². The molecule has 0 spiro atoms. The minimum Gasteiger partial charge on any atom is -0.383 e. The highest BCUT2D eigenvalue weighted by Crippen LogP contribution is 2.21. The Kier molecular flexibility index (Phi) is 3.97. The molecule has 1 saturated heterocycles. The molecule has 0 aliphatic carbocycles. The van der Waals surface area contributed by atoms with Gasteiger partial charge in [0.05, 0.1) is 10.6 Å². The Morgan fingerprint density at radius 3 is 3.18 bits per heavy atom. The Hall–Kier alpha value is -1.13. The maximum atomic E-state index is 12.1.